The maximum atomic E-state index is 6.57. The molecule has 0 saturated carbocycles. The van der Waals surface area contributed by atoms with Crippen molar-refractivity contribution < 1.29 is 28.4 Å². The third-order valence-corrected chi connectivity index (χ3v) is 8.57. The number of rotatable bonds is 15. The summed E-state index contributed by atoms with van der Waals surface area (Å²) in [5, 5.41) is 1.63. The number of ether oxygens (including phenoxy) is 6. The lowest BCUT2D eigenvalue weighted by Crippen LogP contribution is -2.05. The first-order valence-corrected chi connectivity index (χ1v) is 17.1. The molecule has 0 aliphatic rings. The van der Waals surface area contributed by atoms with Gasteiger partial charge in [0.25, 0.3) is 0 Å². The molecule has 0 aliphatic carbocycles. The lowest BCUT2D eigenvalue weighted by atomic mass is 10.0. The van der Waals surface area contributed by atoms with Gasteiger partial charge in [0.2, 0.25) is 11.5 Å². The first kappa shape index (κ1) is 34.0. The van der Waals surface area contributed by atoms with E-state index in [1.54, 1.807) is 20.4 Å². The Labute approximate surface area is 303 Å². The van der Waals surface area contributed by atoms with E-state index in [2.05, 4.69) is 0 Å². The zero-order chi connectivity index (χ0) is 35.5. The molecule has 1 heterocycles. The fourth-order valence-corrected chi connectivity index (χ4v) is 5.97. The van der Waals surface area contributed by atoms with Crippen LogP contribution < -0.4 is 28.4 Å². The lowest BCUT2D eigenvalue weighted by Gasteiger charge is -2.21. The predicted octanol–water partition coefficient (Wildman–Crippen LogP) is 10.2. The summed E-state index contributed by atoms with van der Waals surface area (Å²) in [6, 6.07) is 47.9. The summed E-state index contributed by atoms with van der Waals surface area (Å²) in [5.74, 6) is 3.09. The molecule has 0 aliphatic heterocycles. The van der Waals surface area contributed by atoms with Gasteiger partial charge in [0.15, 0.2) is 23.0 Å². The zero-order valence-electron chi connectivity index (χ0n) is 29.2. The normalized spacial score (nSPS) is 10.8. The molecule has 7 nitrogen and oxygen atoms in total. The Morgan fingerprint density at radius 3 is 1.31 bits per heavy atom. The van der Waals surface area contributed by atoms with Crippen molar-refractivity contribution in [3.63, 3.8) is 0 Å². The Morgan fingerprint density at radius 1 is 0.423 bits per heavy atom. The average molecular weight is 690 g/mol. The smallest absolute Gasteiger partial charge is 0.204 e. The van der Waals surface area contributed by atoms with Crippen LogP contribution in [-0.4, -0.2) is 19.2 Å². The fourth-order valence-electron chi connectivity index (χ4n) is 5.97. The molecule has 0 saturated heterocycles. The predicted molar refractivity (Wildman–Crippen MR) is 203 cm³/mol. The van der Waals surface area contributed by atoms with E-state index < -0.39 is 0 Å². The summed E-state index contributed by atoms with van der Waals surface area (Å²) >= 11 is 0. The maximum Gasteiger partial charge on any atom is 0.204 e. The van der Waals surface area contributed by atoms with Crippen molar-refractivity contribution in [3.8, 4) is 45.8 Å². The van der Waals surface area contributed by atoms with Gasteiger partial charge in [-0.3, -0.25) is 4.98 Å². The molecule has 6 aromatic carbocycles. The Bertz CT molecular complexity index is 2150. The van der Waals surface area contributed by atoms with Gasteiger partial charge in [-0.15, -0.1) is 0 Å². The number of hydrogen-bond acceptors (Lipinski definition) is 7. The second-order valence-electron chi connectivity index (χ2n) is 12.1. The van der Waals surface area contributed by atoms with E-state index >= 15 is 0 Å². The van der Waals surface area contributed by atoms with Crippen molar-refractivity contribution in [2.75, 3.05) is 14.2 Å². The number of pyridine rings is 1. The summed E-state index contributed by atoms with van der Waals surface area (Å²) < 4.78 is 38.0. The molecule has 0 fully saturated rings. The quantitative estimate of drug-likeness (QED) is 0.106. The Hall–Kier alpha value is -6.47. The molecule has 0 unspecified atom stereocenters. The molecule has 7 rings (SSSR count). The van der Waals surface area contributed by atoms with Gasteiger partial charge in [-0.05, 0) is 51.9 Å². The van der Waals surface area contributed by atoms with Gasteiger partial charge in [-0.25, -0.2) is 0 Å². The van der Waals surface area contributed by atoms with Gasteiger partial charge < -0.3 is 28.4 Å². The number of aromatic nitrogens is 1. The van der Waals surface area contributed by atoms with E-state index in [9.17, 15) is 0 Å². The molecule has 0 bridgehead atoms. The van der Waals surface area contributed by atoms with Crippen molar-refractivity contribution in [2.24, 2.45) is 0 Å². The monoisotopic (exact) mass is 689 g/mol. The van der Waals surface area contributed by atoms with Gasteiger partial charge in [-0.1, -0.05) is 121 Å². The van der Waals surface area contributed by atoms with E-state index in [4.69, 9.17) is 33.4 Å². The highest BCUT2D eigenvalue weighted by Crippen LogP contribution is 2.49. The SMILES string of the molecule is COc1cc2ccnc(-c3cc(OCc4ccccc4)c(OCc4ccccc4)c(OCc4ccccc4)c3)c2c(OC)c1OCc1ccccc1. The molecule has 0 N–H and O–H groups in total. The largest absolute Gasteiger partial charge is 0.493 e. The van der Waals surface area contributed by atoms with Crippen LogP contribution in [0.15, 0.2) is 152 Å². The molecule has 7 aromatic rings. The van der Waals surface area contributed by atoms with E-state index in [1.165, 1.54) is 0 Å². The zero-order valence-corrected chi connectivity index (χ0v) is 29.2. The molecule has 52 heavy (non-hydrogen) atoms. The first-order chi connectivity index (χ1) is 25.7. The van der Waals surface area contributed by atoms with Crippen LogP contribution in [0.1, 0.15) is 22.3 Å². The lowest BCUT2D eigenvalue weighted by molar-refractivity contribution is 0.230. The first-order valence-electron chi connectivity index (χ1n) is 17.1. The molecule has 0 amide bonds. The van der Waals surface area contributed by atoms with Gasteiger partial charge in [0.1, 0.15) is 26.4 Å². The summed E-state index contributed by atoms with van der Waals surface area (Å²) in [7, 11) is 3.25. The van der Waals surface area contributed by atoms with Crippen molar-refractivity contribution in [1.29, 1.82) is 0 Å². The maximum absolute atomic E-state index is 6.57. The Kier molecular flexibility index (Phi) is 10.8. The highest BCUT2D eigenvalue weighted by Gasteiger charge is 2.24. The topological polar surface area (TPSA) is 68.3 Å². The van der Waals surface area contributed by atoms with E-state index in [-0.39, 0.29) is 0 Å². The standard InChI is InChI=1S/C45H39NO6/c1-47-38-25-36-23-24-46-42(41(36)45(48-2)44(38)52-31-35-21-13-6-14-22-35)37-26-39(49-28-32-15-7-3-8-16-32)43(51-30-34-19-11-5-12-20-34)40(27-37)50-29-33-17-9-4-10-18-33/h3-27H,28-31H2,1-2H3. The van der Waals surface area contributed by atoms with Gasteiger partial charge in [-0.2, -0.15) is 0 Å². The summed E-state index contributed by atoms with van der Waals surface area (Å²) in [5.41, 5.74) is 5.49. The van der Waals surface area contributed by atoms with Crippen molar-refractivity contribution in [2.45, 2.75) is 26.4 Å². The van der Waals surface area contributed by atoms with Crippen LogP contribution >= 0.6 is 0 Å². The molecule has 0 atom stereocenters. The minimum absolute atomic E-state index is 0.324. The van der Waals surface area contributed by atoms with Gasteiger partial charge in [0, 0.05) is 11.8 Å². The van der Waals surface area contributed by atoms with Crippen LogP contribution in [-0.2, 0) is 26.4 Å². The molecular formula is C45H39NO6. The van der Waals surface area contributed by atoms with Crippen molar-refractivity contribution in [1.82, 2.24) is 4.98 Å². The van der Waals surface area contributed by atoms with Crippen LogP contribution in [0.5, 0.6) is 34.5 Å². The number of hydrogen-bond donors (Lipinski definition) is 0. The average Bonchev–Trinajstić information content (AvgIpc) is 3.21. The number of benzene rings is 6. The molecular weight excluding hydrogens is 650 g/mol. The van der Waals surface area contributed by atoms with Crippen LogP contribution in [0.4, 0.5) is 0 Å². The summed E-state index contributed by atoms with van der Waals surface area (Å²) in [6.45, 7) is 1.30. The second kappa shape index (κ2) is 16.5. The third kappa shape index (κ3) is 7.95. The number of nitrogens with zero attached hydrogens (tertiary/aromatic N) is 1. The molecule has 260 valence electrons. The minimum Gasteiger partial charge on any atom is -0.493 e. The van der Waals surface area contributed by atoms with E-state index in [0.717, 1.165) is 38.6 Å². The molecule has 7 heteroatoms. The third-order valence-electron chi connectivity index (χ3n) is 8.57. The molecule has 1 aromatic heterocycles. The van der Waals surface area contributed by atoms with Crippen molar-refractivity contribution >= 4 is 10.8 Å². The van der Waals surface area contributed by atoms with E-state index in [1.807, 2.05) is 146 Å². The molecule has 0 radical (unpaired) electrons. The Balaban J connectivity index is 1.37. The summed E-state index contributed by atoms with van der Waals surface area (Å²) in [4.78, 5) is 4.91. The number of fused-ring (bicyclic) bond motifs is 1. The number of methoxy groups -OCH3 is 2. The minimum atomic E-state index is 0.324. The fraction of sp³-hybridized carbons (Fsp3) is 0.133. The highest BCUT2D eigenvalue weighted by molar-refractivity contribution is 6.02. The van der Waals surface area contributed by atoms with Crippen LogP contribution in [0.2, 0.25) is 0 Å². The van der Waals surface area contributed by atoms with Crippen LogP contribution in [0.3, 0.4) is 0 Å². The van der Waals surface area contributed by atoms with Crippen LogP contribution in [0.25, 0.3) is 22.0 Å². The van der Waals surface area contributed by atoms with Crippen LogP contribution in [0, 0.1) is 0 Å². The van der Waals surface area contributed by atoms with Gasteiger partial charge in [0.05, 0.1) is 25.3 Å². The highest BCUT2D eigenvalue weighted by atomic mass is 16.5. The van der Waals surface area contributed by atoms with E-state index in [0.29, 0.717) is 66.6 Å². The van der Waals surface area contributed by atoms with Gasteiger partial charge >= 0.3 is 0 Å². The molecule has 0 spiro atoms. The second-order valence-corrected chi connectivity index (χ2v) is 12.1. The van der Waals surface area contributed by atoms with Crippen molar-refractivity contribution in [3.05, 3.63) is 174 Å². The summed E-state index contributed by atoms with van der Waals surface area (Å²) in [6.07, 6.45) is 1.77. The Morgan fingerprint density at radius 2 is 0.865 bits per heavy atom.